The number of hydrogen-bond donors (Lipinski definition) is 2. The number of benzene rings is 1. The van der Waals surface area contributed by atoms with E-state index in [0.29, 0.717) is 12.2 Å². The summed E-state index contributed by atoms with van der Waals surface area (Å²) in [7, 11) is 3.28. The second-order valence-corrected chi connectivity index (χ2v) is 7.09. The molecule has 0 saturated carbocycles. The van der Waals surface area contributed by atoms with E-state index in [9.17, 15) is 24.5 Å². The van der Waals surface area contributed by atoms with Gasteiger partial charge in [0.1, 0.15) is 5.69 Å². The first kappa shape index (κ1) is 22.9. The molecule has 1 aromatic carbocycles. The number of ether oxygens (including phenoxy) is 1. The minimum Gasteiger partial charge on any atom is -0.452 e. The number of hydrogen-bond acceptors (Lipinski definition) is 7. The Morgan fingerprint density at radius 1 is 1.23 bits per heavy atom. The lowest BCUT2D eigenvalue weighted by molar-refractivity contribution is -0.384. The third-order valence-corrected chi connectivity index (χ3v) is 4.59. The maximum absolute atomic E-state index is 12.1. The Labute approximate surface area is 174 Å². The number of carbonyl (C=O) groups excluding carboxylic acids is 3. The molecule has 0 aromatic heterocycles. The maximum atomic E-state index is 12.1. The smallest absolute Gasteiger partial charge is 0.338 e. The highest BCUT2D eigenvalue weighted by molar-refractivity contribution is 5.97. The van der Waals surface area contributed by atoms with E-state index >= 15 is 0 Å². The van der Waals surface area contributed by atoms with E-state index in [1.165, 1.54) is 24.1 Å². The van der Waals surface area contributed by atoms with Gasteiger partial charge in [0.25, 0.3) is 11.6 Å². The number of nitro benzene ring substituents is 1. The van der Waals surface area contributed by atoms with Crippen molar-refractivity contribution in [3.05, 3.63) is 45.5 Å². The number of carbonyl (C=O) groups is 3. The van der Waals surface area contributed by atoms with Crippen molar-refractivity contribution in [3.63, 3.8) is 0 Å². The molecule has 0 heterocycles. The molecule has 1 aliphatic carbocycles. The number of esters is 1. The fourth-order valence-electron chi connectivity index (χ4n) is 3.06. The number of amides is 3. The highest BCUT2D eigenvalue weighted by Gasteiger charge is 2.20. The highest BCUT2D eigenvalue weighted by Crippen LogP contribution is 2.27. The quantitative estimate of drug-likeness (QED) is 0.287. The Morgan fingerprint density at radius 3 is 2.63 bits per heavy atom. The molecule has 0 saturated heterocycles. The molecule has 0 fully saturated rings. The lowest BCUT2D eigenvalue weighted by atomic mass is 9.97. The Bertz CT molecular complexity index is 850. The molecule has 0 aliphatic heterocycles. The Balaban J connectivity index is 1.79. The number of anilines is 1. The van der Waals surface area contributed by atoms with E-state index in [2.05, 4.69) is 16.7 Å². The van der Waals surface area contributed by atoms with Crippen LogP contribution in [0.15, 0.2) is 29.8 Å². The van der Waals surface area contributed by atoms with E-state index in [-0.39, 0.29) is 11.3 Å². The van der Waals surface area contributed by atoms with Crippen molar-refractivity contribution in [2.75, 3.05) is 32.1 Å². The fraction of sp³-hybridized carbons (Fsp3) is 0.450. The first-order chi connectivity index (χ1) is 14.3. The Morgan fingerprint density at radius 2 is 2.00 bits per heavy atom. The molecule has 30 heavy (non-hydrogen) atoms. The summed E-state index contributed by atoms with van der Waals surface area (Å²) in [5.74, 6) is -1.69. The van der Waals surface area contributed by atoms with Gasteiger partial charge in [-0.2, -0.15) is 0 Å². The van der Waals surface area contributed by atoms with Gasteiger partial charge in [0.15, 0.2) is 6.61 Å². The van der Waals surface area contributed by atoms with Gasteiger partial charge in [-0.3, -0.25) is 20.2 Å². The van der Waals surface area contributed by atoms with Gasteiger partial charge in [0.05, 0.1) is 10.5 Å². The first-order valence-corrected chi connectivity index (χ1v) is 9.66. The fourth-order valence-corrected chi connectivity index (χ4v) is 3.06. The van der Waals surface area contributed by atoms with Gasteiger partial charge < -0.3 is 15.0 Å². The van der Waals surface area contributed by atoms with Gasteiger partial charge in [-0.05, 0) is 44.2 Å². The molecule has 2 rings (SSSR count). The summed E-state index contributed by atoms with van der Waals surface area (Å²) in [6, 6.07) is 3.21. The van der Waals surface area contributed by atoms with E-state index in [0.717, 1.165) is 31.7 Å². The molecule has 162 valence electrons. The van der Waals surface area contributed by atoms with Gasteiger partial charge in [-0.1, -0.05) is 11.6 Å². The first-order valence-electron chi connectivity index (χ1n) is 9.66. The lowest BCUT2D eigenvalue weighted by Gasteiger charge is -2.13. The predicted octanol–water partition coefficient (Wildman–Crippen LogP) is 2.53. The summed E-state index contributed by atoms with van der Waals surface area (Å²) in [6.45, 7) is -0.271. The molecule has 10 nitrogen and oxygen atoms in total. The highest BCUT2D eigenvalue weighted by atomic mass is 16.6. The standard InChI is InChI=1S/C20H26N4O6/c1-23(2)16-9-8-15(12-17(16)24(28)29)19(26)30-13-18(25)22-20(27)21-11-10-14-6-4-3-5-7-14/h6,8-9,12H,3-5,7,10-11,13H2,1-2H3,(H2,21,22,25,27). The average molecular weight is 418 g/mol. The molecular weight excluding hydrogens is 392 g/mol. The number of imide groups is 1. The van der Waals surface area contributed by atoms with Gasteiger partial charge in [-0.15, -0.1) is 0 Å². The Hall–Kier alpha value is -3.43. The van der Waals surface area contributed by atoms with E-state index in [4.69, 9.17) is 4.74 Å². The average Bonchev–Trinajstić information content (AvgIpc) is 2.72. The van der Waals surface area contributed by atoms with Crippen LogP contribution in [0, 0.1) is 10.1 Å². The molecule has 0 unspecified atom stereocenters. The van der Waals surface area contributed by atoms with Crippen LogP contribution >= 0.6 is 0 Å². The molecule has 2 N–H and O–H groups in total. The molecule has 0 bridgehead atoms. The zero-order chi connectivity index (χ0) is 22.1. The van der Waals surface area contributed by atoms with Crippen molar-refractivity contribution in [2.45, 2.75) is 32.1 Å². The van der Waals surface area contributed by atoms with E-state index in [1.807, 2.05) is 0 Å². The van der Waals surface area contributed by atoms with Gasteiger partial charge in [-0.25, -0.2) is 9.59 Å². The molecule has 1 aliphatic rings. The van der Waals surface area contributed by atoms with Crippen LogP contribution in [0.3, 0.4) is 0 Å². The van der Waals surface area contributed by atoms with Crippen molar-refractivity contribution >= 4 is 29.3 Å². The molecular formula is C20H26N4O6. The zero-order valence-corrected chi connectivity index (χ0v) is 17.1. The summed E-state index contributed by atoms with van der Waals surface area (Å²) in [6.07, 6.45) is 7.36. The van der Waals surface area contributed by atoms with Gasteiger partial charge in [0, 0.05) is 26.7 Å². The van der Waals surface area contributed by atoms with Crippen LogP contribution in [-0.2, 0) is 9.53 Å². The summed E-state index contributed by atoms with van der Waals surface area (Å²) in [5.41, 5.74) is 1.31. The number of nitro groups is 1. The molecule has 0 spiro atoms. The lowest BCUT2D eigenvalue weighted by Crippen LogP contribution is -2.41. The Kier molecular flexibility index (Phi) is 8.33. The topological polar surface area (TPSA) is 131 Å². The number of nitrogens with zero attached hydrogens (tertiary/aromatic N) is 2. The number of nitrogens with one attached hydrogen (secondary N) is 2. The summed E-state index contributed by atoms with van der Waals surface area (Å²) in [5, 5.41) is 15.9. The SMILES string of the molecule is CN(C)c1ccc(C(=O)OCC(=O)NC(=O)NCCC2=CCCCC2)cc1[N+](=O)[O-]. The molecule has 1 aromatic rings. The minimum absolute atomic E-state index is 0.0645. The van der Waals surface area contributed by atoms with Crippen molar-refractivity contribution in [3.8, 4) is 0 Å². The third kappa shape index (κ3) is 6.87. The molecule has 3 amide bonds. The van der Waals surface area contributed by atoms with Crippen LogP contribution < -0.4 is 15.5 Å². The number of urea groups is 1. The number of rotatable bonds is 8. The summed E-state index contributed by atoms with van der Waals surface area (Å²) >= 11 is 0. The normalized spacial score (nSPS) is 13.1. The van der Waals surface area contributed by atoms with Gasteiger partial charge in [0.2, 0.25) is 0 Å². The van der Waals surface area contributed by atoms with Crippen LogP contribution in [0.5, 0.6) is 0 Å². The van der Waals surface area contributed by atoms with Crippen LogP contribution in [0.4, 0.5) is 16.2 Å². The number of allylic oxidation sites excluding steroid dienone is 1. The van der Waals surface area contributed by atoms with Crippen molar-refractivity contribution in [1.82, 2.24) is 10.6 Å². The van der Waals surface area contributed by atoms with Crippen LogP contribution in [0.25, 0.3) is 0 Å². The summed E-state index contributed by atoms with van der Waals surface area (Å²) in [4.78, 5) is 47.8. The largest absolute Gasteiger partial charge is 0.452 e. The van der Waals surface area contributed by atoms with E-state index < -0.39 is 29.4 Å². The molecule has 10 heteroatoms. The van der Waals surface area contributed by atoms with Crippen LogP contribution in [0.1, 0.15) is 42.5 Å². The predicted molar refractivity (Wildman–Crippen MR) is 110 cm³/mol. The van der Waals surface area contributed by atoms with Gasteiger partial charge >= 0.3 is 12.0 Å². The zero-order valence-electron chi connectivity index (χ0n) is 17.1. The molecule has 0 atom stereocenters. The third-order valence-electron chi connectivity index (χ3n) is 4.59. The van der Waals surface area contributed by atoms with Crippen molar-refractivity contribution < 1.29 is 24.0 Å². The monoisotopic (exact) mass is 418 g/mol. The maximum Gasteiger partial charge on any atom is 0.338 e. The van der Waals surface area contributed by atoms with E-state index in [1.54, 1.807) is 19.0 Å². The van der Waals surface area contributed by atoms with Crippen molar-refractivity contribution in [1.29, 1.82) is 0 Å². The van der Waals surface area contributed by atoms with Crippen LogP contribution in [-0.4, -0.2) is 50.1 Å². The summed E-state index contributed by atoms with van der Waals surface area (Å²) < 4.78 is 4.85. The van der Waals surface area contributed by atoms with Crippen molar-refractivity contribution in [2.24, 2.45) is 0 Å². The molecule has 0 radical (unpaired) electrons. The second kappa shape index (κ2) is 10.9. The minimum atomic E-state index is -0.900. The van der Waals surface area contributed by atoms with Crippen LogP contribution in [0.2, 0.25) is 0 Å². The second-order valence-electron chi connectivity index (χ2n) is 7.09.